The second-order valence-corrected chi connectivity index (χ2v) is 10.1. The number of halogens is 1. The number of H-pyrrole nitrogens is 1. The van der Waals surface area contributed by atoms with E-state index in [2.05, 4.69) is 25.8 Å². The quantitative estimate of drug-likeness (QED) is 0.802. The summed E-state index contributed by atoms with van der Waals surface area (Å²) in [6, 6.07) is 2.22. The molecule has 0 unspecified atom stereocenters. The summed E-state index contributed by atoms with van der Waals surface area (Å²) in [6.45, 7) is 5.44. The Hall–Kier alpha value is -2.54. The molecule has 168 valence electrons. The Kier molecular flexibility index (Phi) is 4.72. The van der Waals surface area contributed by atoms with Crippen LogP contribution in [0.3, 0.4) is 0 Å². The third kappa shape index (κ3) is 3.56. The first-order valence-corrected chi connectivity index (χ1v) is 11.9. The Morgan fingerprint density at radius 1 is 1.16 bits per heavy atom. The summed E-state index contributed by atoms with van der Waals surface area (Å²) < 4.78 is 13.5. The number of aromatic nitrogens is 3. The summed E-state index contributed by atoms with van der Waals surface area (Å²) in [6.07, 6.45) is 11.2. The molecule has 2 aromatic heterocycles. The maximum atomic E-state index is 13.5. The van der Waals surface area contributed by atoms with E-state index in [4.69, 9.17) is 4.98 Å². The van der Waals surface area contributed by atoms with Gasteiger partial charge in [-0.25, -0.2) is 14.4 Å². The van der Waals surface area contributed by atoms with E-state index in [1.807, 2.05) is 6.07 Å². The van der Waals surface area contributed by atoms with E-state index < -0.39 is 0 Å². The van der Waals surface area contributed by atoms with Crippen LogP contribution in [0.25, 0.3) is 5.57 Å². The number of aromatic amines is 1. The van der Waals surface area contributed by atoms with Crippen LogP contribution >= 0.6 is 0 Å². The maximum absolute atomic E-state index is 13.5. The second kappa shape index (κ2) is 7.51. The van der Waals surface area contributed by atoms with Gasteiger partial charge in [-0.05, 0) is 74.5 Å². The SMILES string of the molecule is Cc1cc(N2CCN([C@H]3C=C(c4nc5c(c(=O)[nH]4)CC4(CC5)CC4)CC3)CC2)ncc1F. The van der Waals surface area contributed by atoms with E-state index in [1.54, 1.807) is 6.92 Å². The van der Waals surface area contributed by atoms with Crippen molar-refractivity contribution in [2.45, 2.75) is 57.9 Å². The van der Waals surface area contributed by atoms with Gasteiger partial charge in [0.05, 0.1) is 11.9 Å². The molecule has 3 heterocycles. The zero-order valence-corrected chi connectivity index (χ0v) is 18.7. The average molecular weight is 436 g/mol. The number of nitrogens with one attached hydrogen (secondary N) is 1. The zero-order chi connectivity index (χ0) is 21.9. The van der Waals surface area contributed by atoms with Crippen molar-refractivity contribution in [3.8, 4) is 0 Å². The lowest BCUT2D eigenvalue weighted by molar-refractivity contribution is 0.214. The number of anilines is 1. The molecule has 6 rings (SSSR count). The van der Waals surface area contributed by atoms with Crippen molar-refractivity contribution in [2.24, 2.45) is 5.41 Å². The monoisotopic (exact) mass is 435 g/mol. The van der Waals surface area contributed by atoms with Gasteiger partial charge in [0, 0.05) is 37.8 Å². The number of piperazine rings is 1. The van der Waals surface area contributed by atoms with Crippen LogP contribution in [0.4, 0.5) is 10.2 Å². The highest BCUT2D eigenvalue weighted by atomic mass is 19.1. The molecule has 1 saturated heterocycles. The van der Waals surface area contributed by atoms with Crippen LogP contribution in [0.2, 0.25) is 0 Å². The molecule has 4 aliphatic rings. The third-order valence-electron chi connectivity index (χ3n) is 8.05. The highest BCUT2D eigenvalue weighted by Crippen LogP contribution is 2.53. The largest absolute Gasteiger partial charge is 0.354 e. The minimum absolute atomic E-state index is 0.0797. The average Bonchev–Trinajstić information content (AvgIpc) is 3.36. The number of rotatable bonds is 3. The molecule has 0 bridgehead atoms. The molecule has 2 fully saturated rings. The van der Waals surface area contributed by atoms with Gasteiger partial charge >= 0.3 is 0 Å². The molecule has 1 N–H and O–H groups in total. The van der Waals surface area contributed by atoms with E-state index in [0.29, 0.717) is 17.0 Å². The van der Waals surface area contributed by atoms with E-state index in [0.717, 1.165) is 74.8 Å². The minimum Gasteiger partial charge on any atom is -0.354 e. The number of aryl methyl sites for hydroxylation is 2. The van der Waals surface area contributed by atoms with E-state index in [-0.39, 0.29) is 11.4 Å². The number of allylic oxidation sites excluding steroid dienone is 1. The predicted molar refractivity (Wildman–Crippen MR) is 122 cm³/mol. The van der Waals surface area contributed by atoms with Gasteiger partial charge in [-0.2, -0.15) is 0 Å². The molecule has 7 heteroatoms. The Labute approximate surface area is 187 Å². The molecule has 0 amide bonds. The van der Waals surface area contributed by atoms with Crippen molar-refractivity contribution in [2.75, 3.05) is 31.1 Å². The standard InChI is InChI=1S/C25H30FN5O/c1-16-12-22(27-15-20(16)26)31-10-8-30(9-11-31)18-3-2-17(13-18)23-28-21-4-5-25(6-7-25)14-19(21)24(32)29-23/h12-13,15,18H,2-11,14H2,1H3,(H,28,29,32)/t18-/m1/s1. The lowest BCUT2D eigenvalue weighted by Crippen LogP contribution is -2.49. The summed E-state index contributed by atoms with van der Waals surface area (Å²) in [7, 11) is 0. The van der Waals surface area contributed by atoms with Crippen LogP contribution in [0.5, 0.6) is 0 Å². The first-order chi connectivity index (χ1) is 15.5. The van der Waals surface area contributed by atoms with Crippen molar-refractivity contribution in [1.29, 1.82) is 0 Å². The number of fused-ring (bicyclic) bond motifs is 1. The molecule has 0 aromatic carbocycles. The highest BCUT2D eigenvalue weighted by molar-refractivity contribution is 5.63. The molecular formula is C25H30FN5O. The lowest BCUT2D eigenvalue weighted by atomic mass is 9.84. The van der Waals surface area contributed by atoms with Crippen LogP contribution < -0.4 is 10.5 Å². The molecule has 1 atom stereocenters. The van der Waals surface area contributed by atoms with Crippen molar-refractivity contribution >= 4 is 11.4 Å². The zero-order valence-electron chi connectivity index (χ0n) is 18.7. The van der Waals surface area contributed by atoms with Crippen LogP contribution in [0.15, 0.2) is 23.1 Å². The summed E-state index contributed by atoms with van der Waals surface area (Å²) in [5, 5.41) is 0. The number of hydrogen-bond acceptors (Lipinski definition) is 5. The van der Waals surface area contributed by atoms with Crippen molar-refractivity contribution in [3.05, 3.63) is 57.2 Å². The Balaban J connectivity index is 1.14. The van der Waals surface area contributed by atoms with Crippen LogP contribution in [-0.2, 0) is 12.8 Å². The number of nitrogens with zero attached hydrogens (tertiary/aromatic N) is 4. The molecule has 2 aromatic rings. The summed E-state index contributed by atoms with van der Waals surface area (Å²) >= 11 is 0. The molecule has 0 radical (unpaired) electrons. The molecule has 6 nitrogen and oxygen atoms in total. The Morgan fingerprint density at radius 2 is 1.97 bits per heavy atom. The van der Waals surface area contributed by atoms with E-state index in [9.17, 15) is 9.18 Å². The van der Waals surface area contributed by atoms with E-state index >= 15 is 0 Å². The van der Waals surface area contributed by atoms with Crippen molar-refractivity contribution in [1.82, 2.24) is 19.9 Å². The van der Waals surface area contributed by atoms with Gasteiger partial charge in [0.25, 0.3) is 5.56 Å². The van der Waals surface area contributed by atoms with Gasteiger partial charge in [-0.3, -0.25) is 9.69 Å². The van der Waals surface area contributed by atoms with Crippen molar-refractivity contribution in [3.63, 3.8) is 0 Å². The summed E-state index contributed by atoms with van der Waals surface area (Å²) in [5.74, 6) is 1.39. The number of pyridine rings is 1. The van der Waals surface area contributed by atoms with Gasteiger partial charge in [0.1, 0.15) is 17.5 Å². The summed E-state index contributed by atoms with van der Waals surface area (Å²) in [4.78, 5) is 29.8. The fraction of sp³-hybridized carbons (Fsp3) is 0.560. The topological polar surface area (TPSA) is 65.1 Å². The van der Waals surface area contributed by atoms with Crippen LogP contribution in [-0.4, -0.2) is 52.1 Å². The van der Waals surface area contributed by atoms with Crippen molar-refractivity contribution < 1.29 is 4.39 Å². The minimum atomic E-state index is -0.253. The Morgan fingerprint density at radius 3 is 2.72 bits per heavy atom. The fourth-order valence-electron chi connectivity index (χ4n) is 5.70. The van der Waals surface area contributed by atoms with Gasteiger partial charge in [0.2, 0.25) is 0 Å². The first kappa shape index (κ1) is 20.1. The normalized spacial score (nSPS) is 24.5. The summed E-state index contributed by atoms with van der Waals surface area (Å²) in [5.41, 5.74) is 4.29. The Bertz CT molecular complexity index is 1140. The van der Waals surface area contributed by atoms with Gasteiger partial charge < -0.3 is 9.88 Å². The predicted octanol–water partition coefficient (Wildman–Crippen LogP) is 3.25. The fourth-order valence-corrected chi connectivity index (χ4v) is 5.70. The van der Waals surface area contributed by atoms with Crippen LogP contribution in [0, 0.1) is 18.2 Å². The molecule has 1 spiro atoms. The highest BCUT2D eigenvalue weighted by Gasteiger charge is 2.45. The lowest BCUT2D eigenvalue weighted by Gasteiger charge is -2.38. The molecule has 1 saturated carbocycles. The van der Waals surface area contributed by atoms with Crippen LogP contribution in [0.1, 0.15) is 54.7 Å². The number of hydrogen-bond donors (Lipinski definition) is 1. The van der Waals surface area contributed by atoms with E-state index in [1.165, 1.54) is 31.0 Å². The molecule has 3 aliphatic carbocycles. The van der Waals surface area contributed by atoms with Gasteiger partial charge in [-0.1, -0.05) is 6.08 Å². The molecule has 1 aliphatic heterocycles. The second-order valence-electron chi connectivity index (χ2n) is 10.1. The molecular weight excluding hydrogens is 405 g/mol. The molecule has 32 heavy (non-hydrogen) atoms. The maximum Gasteiger partial charge on any atom is 0.254 e. The smallest absolute Gasteiger partial charge is 0.254 e. The first-order valence-electron chi connectivity index (χ1n) is 11.9. The van der Waals surface area contributed by atoms with Gasteiger partial charge in [0.15, 0.2) is 0 Å². The third-order valence-corrected chi connectivity index (χ3v) is 8.05. The van der Waals surface area contributed by atoms with Gasteiger partial charge in [-0.15, -0.1) is 0 Å².